The summed E-state index contributed by atoms with van der Waals surface area (Å²) >= 11 is 6.26. The molecule has 0 spiro atoms. The van der Waals surface area contributed by atoms with E-state index in [0.29, 0.717) is 41.0 Å². The molecule has 1 N–H and O–H groups in total. The van der Waals surface area contributed by atoms with Crippen LogP contribution in [0, 0.1) is 11.8 Å². The smallest absolute Gasteiger partial charge is 0.430 e. The van der Waals surface area contributed by atoms with Crippen molar-refractivity contribution in [3.8, 4) is 5.75 Å². The van der Waals surface area contributed by atoms with Crippen molar-refractivity contribution in [2.24, 2.45) is 11.8 Å². The lowest BCUT2D eigenvalue weighted by Crippen LogP contribution is -2.57. The average molecular weight is 553 g/mol. The van der Waals surface area contributed by atoms with Crippen molar-refractivity contribution in [1.29, 1.82) is 0 Å². The SMILES string of the molecule is CN(C)C(=O)c1ccc(O[C@@H]2C[C@H]2CCC2CCN(C(=O)[C@](O)(c3ccccc3)C(F)(F)F)CC2)cc1Cl. The highest BCUT2D eigenvalue weighted by Gasteiger charge is 2.62. The highest BCUT2D eigenvalue weighted by molar-refractivity contribution is 6.34. The molecule has 0 radical (unpaired) electrons. The van der Waals surface area contributed by atoms with Gasteiger partial charge in [0.1, 0.15) is 11.9 Å². The van der Waals surface area contributed by atoms with Crippen molar-refractivity contribution < 1.29 is 32.6 Å². The fraction of sp³-hybridized carbons (Fsp3) is 0.500. The van der Waals surface area contributed by atoms with Gasteiger partial charge < -0.3 is 19.6 Å². The molecule has 38 heavy (non-hydrogen) atoms. The monoisotopic (exact) mass is 552 g/mol. The second-order valence-corrected chi connectivity index (χ2v) is 10.8. The number of hydrogen-bond acceptors (Lipinski definition) is 4. The van der Waals surface area contributed by atoms with Crippen LogP contribution in [0.15, 0.2) is 48.5 Å². The van der Waals surface area contributed by atoms with Crippen LogP contribution in [0.5, 0.6) is 5.75 Å². The molecule has 4 rings (SSSR count). The first-order valence-corrected chi connectivity index (χ1v) is 13.1. The van der Waals surface area contributed by atoms with E-state index in [1.54, 1.807) is 32.3 Å². The first-order valence-electron chi connectivity index (χ1n) is 12.7. The molecular formula is C28H32ClF3N2O4. The Morgan fingerprint density at radius 1 is 1.08 bits per heavy atom. The number of rotatable bonds is 8. The maximum atomic E-state index is 13.9. The Hall–Kier alpha value is -2.78. The summed E-state index contributed by atoms with van der Waals surface area (Å²) in [6, 6.07) is 11.6. The molecule has 2 amide bonds. The minimum absolute atomic E-state index is 0.0656. The van der Waals surface area contributed by atoms with Crippen molar-refractivity contribution in [3.63, 3.8) is 0 Å². The van der Waals surface area contributed by atoms with Crippen molar-refractivity contribution in [2.75, 3.05) is 27.2 Å². The van der Waals surface area contributed by atoms with Gasteiger partial charge in [-0.1, -0.05) is 41.9 Å². The number of ether oxygens (including phenoxy) is 1. The van der Waals surface area contributed by atoms with E-state index < -0.39 is 23.2 Å². The molecule has 1 aliphatic heterocycles. The van der Waals surface area contributed by atoms with Crippen molar-refractivity contribution in [2.45, 2.75) is 50.0 Å². The molecule has 10 heteroatoms. The van der Waals surface area contributed by atoms with Gasteiger partial charge in [-0.25, -0.2) is 0 Å². The van der Waals surface area contributed by atoms with Crippen LogP contribution in [0.25, 0.3) is 0 Å². The number of hydrogen-bond donors (Lipinski definition) is 1. The molecule has 2 aromatic carbocycles. The number of carbonyl (C=O) groups excluding carboxylic acids is 2. The normalized spacial score (nSPS) is 21.5. The molecule has 0 unspecified atom stereocenters. The Bertz CT molecular complexity index is 1150. The highest BCUT2D eigenvalue weighted by Crippen LogP contribution is 2.43. The van der Waals surface area contributed by atoms with Crippen molar-refractivity contribution in [1.82, 2.24) is 9.80 Å². The number of piperidine rings is 1. The van der Waals surface area contributed by atoms with E-state index in [0.717, 1.165) is 36.3 Å². The van der Waals surface area contributed by atoms with E-state index in [1.165, 1.54) is 23.1 Å². The van der Waals surface area contributed by atoms with Gasteiger partial charge in [-0.05, 0) is 62.1 Å². The van der Waals surface area contributed by atoms with E-state index in [4.69, 9.17) is 16.3 Å². The number of alkyl halides is 3. The summed E-state index contributed by atoms with van der Waals surface area (Å²) < 4.78 is 47.6. The van der Waals surface area contributed by atoms with Crippen LogP contribution in [0.1, 0.15) is 48.0 Å². The molecule has 1 saturated carbocycles. The number of halogens is 4. The zero-order valence-corrected chi connectivity index (χ0v) is 22.1. The van der Waals surface area contributed by atoms with Crippen molar-refractivity contribution >= 4 is 23.4 Å². The van der Waals surface area contributed by atoms with Gasteiger partial charge in [0.15, 0.2) is 0 Å². The molecule has 1 heterocycles. The van der Waals surface area contributed by atoms with Crippen LogP contribution in [0.4, 0.5) is 13.2 Å². The molecule has 206 valence electrons. The molecule has 2 fully saturated rings. The largest absolute Gasteiger partial charge is 0.490 e. The van der Waals surface area contributed by atoms with Crippen LogP contribution < -0.4 is 4.74 Å². The maximum absolute atomic E-state index is 13.9. The highest BCUT2D eigenvalue weighted by atomic mass is 35.5. The van der Waals surface area contributed by atoms with E-state index in [2.05, 4.69) is 0 Å². The third kappa shape index (κ3) is 5.94. The van der Waals surface area contributed by atoms with Crippen LogP contribution >= 0.6 is 11.6 Å². The lowest BCUT2D eigenvalue weighted by molar-refractivity contribution is -0.262. The molecule has 1 saturated heterocycles. The fourth-order valence-electron chi connectivity index (χ4n) is 5.02. The summed E-state index contributed by atoms with van der Waals surface area (Å²) in [6.45, 7) is 0.353. The third-order valence-corrected chi connectivity index (χ3v) is 7.79. The van der Waals surface area contributed by atoms with Gasteiger partial charge in [0.2, 0.25) is 0 Å². The predicted molar refractivity (Wildman–Crippen MR) is 137 cm³/mol. The summed E-state index contributed by atoms with van der Waals surface area (Å²) in [7, 11) is 3.32. The Morgan fingerprint density at radius 2 is 1.74 bits per heavy atom. The van der Waals surface area contributed by atoms with Gasteiger partial charge in [0, 0.05) is 32.7 Å². The average Bonchev–Trinajstić information content (AvgIpc) is 3.63. The summed E-state index contributed by atoms with van der Waals surface area (Å²) in [4.78, 5) is 27.6. The zero-order chi connectivity index (χ0) is 27.7. The number of carbonyl (C=O) groups is 2. The number of nitrogens with zero attached hydrogens (tertiary/aromatic N) is 2. The quantitative estimate of drug-likeness (QED) is 0.484. The fourth-order valence-corrected chi connectivity index (χ4v) is 5.27. The Morgan fingerprint density at radius 3 is 2.32 bits per heavy atom. The van der Waals surface area contributed by atoms with Gasteiger partial charge in [-0.2, -0.15) is 13.2 Å². The molecule has 0 aromatic heterocycles. The molecule has 1 aliphatic carbocycles. The van der Waals surface area contributed by atoms with E-state index in [1.807, 2.05) is 0 Å². The summed E-state index contributed by atoms with van der Waals surface area (Å²) in [5.74, 6) is -0.212. The first kappa shape index (κ1) is 28.2. The minimum atomic E-state index is -5.13. The van der Waals surface area contributed by atoms with Crippen LogP contribution in [0.2, 0.25) is 5.02 Å². The van der Waals surface area contributed by atoms with Crippen LogP contribution in [0.3, 0.4) is 0 Å². The van der Waals surface area contributed by atoms with Gasteiger partial charge >= 0.3 is 6.18 Å². The second-order valence-electron chi connectivity index (χ2n) is 10.4. The van der Waals surface area contributed by atoms with Crippen LogP contribution in [-0.2, 0) is 10.4 Å². The van der Waals surface area contributed by atoms with Gasteiger partial charge in [-0.3, -0.25) is 9.59 Å². The van der Waals surface area contributed by atoms with Gasteiger partial charge in [0.25, 0.3) is 17.4 Å². The third-order valence-electron chi connectivity index (χ3n) is 7.48. The zero-order valence-electron chi connectivity index (χ0n) is 21.4. The Kier molecular flexibility index (Phi) is 8.28. The lowest BCUT2D eigenvalue weighted by atomic mass is 9.87. The summed E-state index contributed by atoms with van der Waals surface area (Å²) in [5.41, 5.74) is -3.61. The molecule has 6 nitrogen and oxygen atoms in total. The summed E-state index contributed by atoms with van der Waals surface area (Å²) in [6.07, 6.45) is -1.17. The van der Waals surface area contributed by atoms with Gasteiger partial charge in [-0.15, -0.1) is 0 Å². The predicted octanol–water partition coefficient (Wildman–Crippen LogP) is 5.28. The summed E-state index contributed by atoms with van der Waals surface area (Å²) in [5, 5.41) is 10.9. The topological polar surface area (TPSA) is 70.1 Å². The second kappa shape index (κ2) is 11.1. The number of amides is 2. The number of benzene rings is 2. The Labute approximate surface area is 225 Å². The molecule has 2 aromatic rings. The van der Waals surface area contributed by atoms with Crippen LogP contribution in [-0.4, -0.2) is 66.2 Å². The molecule has 0 bridgehead atoms. The molecule has 2 aliphatic rings. The first-order chi connectivity index (χ1) is 17.9. The number of aliphatic hydroxyl groups is 1. The van der Waals surface area contributed by atoms with E-state index in [9.17, 15) is 27.9 Å². The number of likely N-dealkylation sites (tertiary alicyclic amines) is 1. The Balaban J connectivity index is 1.25. The van der Waals surface area contributed by atoms with E-state index >= 15 is 0 Å². The standard InChI is InChI=1S/C28H32ClF3N2O4/c1-33(2)25(35)22-11-10-21(17-23(22)29)38-24-16-19(24)9-8-18-12-14-34(15-13-18)26(36)27(37,28(30,31)32)20-6-4-3-5-7-20/h3-7,10-11,17-19,24,37H,8-9,12-16H2,1-2H3/t19-,24-,27-/m1/s1. The van der Waals surface area contributed by atoms with Crippen molar-refractivity contribution in [3.05, 3.63) is 64.7 Å². The minimum Gasteiger partial charge on any atom is -0.490 e. The maximum Gasteiger partial charge on any atom is 0.430 e. The van der Waals surface area contributed by atoms with Gasteiger partial charge in [0.05, 0.1) is 10.6 Å². The molecular weight excluding hydrogens is 521 g/mol. The van der Waals surface area contributed by atoms with E-state index in [-0.39, 0.29) is 25.1 Å². The lowest BCUT2D eigenvalue weighted by Gasteiger charge is -2.38. The molecule has 3 atom stereocenters.